The van der Waals surface area contributed by atoms with Crippen molar-refractivity contribution in [1.82, 2.24) is 9.97 Å². The number of nitrogens with one attached hydrogen (secondary N) is 2. The Hall–Kier alpha value is -3.00. The second-order valence-corrected chi connectivity index (χ2v) is 8.61. The molecule has 0 radical (unpaired) electrons. The Morgan fingerprint density at radius 3 is 2.62 bits per heavy atom. The minimum atomic E-state index is -0.414. The Bertz CT molecular complexity index is 1120. The molecule has 0 spiro atoms. The average Bonchev–Trinajstić information content (AvgIpc) is 2.64. The highest BCUT2D eigenvalue weighted by Gasteiger charge is 2.42. The van der Waals surface area contributed by atoms with Crippen molar-refractivity contribution in [1.29, 1.82) is 0 Å². The molecule has 150 valence electrons. The van der Waals surface area contributed by atoms with Gasteiger partial charge in [-0.2, -0.15) is 0 Å². The molecule has 4 N–H and O–H groups in total. The van der Waals surface area contributed by atoms with Crippen molar-refractivity contribution in [3.05, 3.63) is 57.0 Å². The summed E-state index contributed by atoms with van der Waals surface area (Å²) in [5.41, 5.74) is 9.66. The summed E-state index contributed by atoms with van der Waals surface area (Å²) in [5, 5.41) is 3.31. The molecule has 1 aromatic heterocycles. The molecule has 1 unspecified atom stereocenters. The standard InChI is InChI=1S/C21H22N4O3S/c1-21(2)8-12-15(13(26)9-21)14(10-4-6-11(7-5-10)19(27)28-3)16-17(22)24-20(29)25-18(16)23-12/h4-7,14H,8-9H2,1-3H3,(H4,22,23,24,25,29). The molecule has 0 saturated carbocycles. The molecule has 2 heterocycles. The number of rotatable bonds is 2. The van der Waals surface area contributed by atoms with Gasteiger partial charge < -0.3 is 20.8 Å². The number of aromatic amines is 1. The van der Waals surface area contributed by atoms with Gasteiger partial charge in [0.15, 0.2) is 10.6 Å². The summed E-state index contributed by atoms with van der Waals surface area (Å²) >= 11 is 5.19. The van der Waals surface area contributed by atoms with E-state index < -0.39 is 11.9 Å². The van der Waals surface area contributed by atoms with Gasteiger partial charge in [-0.25, -0.2) is 9.78 Å². The van der Waals surface area contributed by atoms with Crippen LogP contribution < -0.4 is 11.1 Å². The smallest absolute Gasteiger partial charge is 0.337 e. The van der Waals surface area contributed by atoms with Crippen molar-refractivity contribution in [2.75, 3.05) is 18.2 Å². The summed E-state index contributed by atoms with van der Waals surface area (Å²) in [6.07, 6.45) is 1.17. The molecule has 0 amide bonds. The lowest BCUT2D eigenvalue weighted by molar-refractivity contribution is -0.118. The van der Waals surface area contributed by atoms with Crippen LogP contribution in [0.25, 0.3) is 0 Å². The van der Waals surface area contributed by atoms with E-state index in [-0.39, 0.29) is 16.0 Å². The number of aromatic nitrogens is 2. The lowest BCUT2D eigenvalue weighted by atomic mass is 9.69. The number of nitrogens with two attached hydrogens (primary N) is 1. The number of esters is 1. The Morgan fingerprint density at radius 2 is 1.97 bits per heavy atom. The van der Waals surface area contributed by atoms with Gasteiger partial charge in [-0.3, -0.25) is 4.79 Å². The van der Waals surface area contributed by atoms with E-state index in [1.165, 1.54) is 7.11 Å². The summed E-state index contributed by atoms with van der Waals surface area (Å²) < 4.78 is 5.05. The number of anilines is 2. The zero-order chi connectivity index (χ0) is 20.9. The molecule has 1 atom stereocenters. The number of H-pyrrole nitrogens is 1. The van der Waals surface area contributed by atoms with Gasteiger partial charge in [-0.05, 0) is 41.7 Å². The minimum absolute atomic E-state index is 0.0818. The highest BCUT2D eigenvalue weighted by molar-refractivity contribution is 7.71. The van der Waals surface area contributed by atoms with E-state index in [9.17, 15) is 9.59 Å². The largest absolute Gasteiger partial charge is 0.465 e. The second kappa shape index (κ2) is 6.81. The topological polar surface area (TPSA) is 110 Å². The molecule has 29 heavy (non-hydrogen) atoms. The predicted octanol–water partition coefficient (Wildman–Crippen LogP) is 3.71. The number of allylic oxidation sites excluding steroid dienone is 2. The first kappa shape index (κ1) is 19.3. The zero-order valence-corrected chi connectivity index (χ0v) is 17.3. The van der Waals surface area contributed by atoms with Crippen molar-refractivity contribution in [3.8, 4) is 0 Å². The van der Waals surface area contributed by atoms with Crippen LogP contribution in [-0.2, 0) is 9.53 Å². The minimum Gasteiger partial charge on any atom is -0.465 e. The lowest BCUT2D eigenvalue weighted by Gasteiger charge is -2.39. The van der Waals surface area contributed by atoms with Gasteiger partial charge in [0.05, 0.1) is 12.7 Å². The summed E-state index contributed by atoms with van der Waals surface area (Å²) in [5.74, 6) is 0.216. The first-order valence-corrected chi connectivity index (χ1v) is 9.72. The fourth-order valence-electron chi connectivity index (χ4n) is 4.22. The van der Waals surface area contributed by atoms with Gasteiger partial charge in [0.25, 0.3) is 0 Å². The molecule has 7 nitrogen and oxygen atoms in total. The van der Waals surface area contributed by atoms with Crippen molar-refractivity contribution in [2.24, 2.45) is 5.41 Å². The Kier molecular flexibility index (Phi) is 4.53. The number of ketones is 1. The first-order valence-electron chi connectivity index (χ1n) is 9.31. The van der Waals surface area contributed by atoms with Crippen LogP contribution in [0.15, 0.2) is 35.5 Å². The number of fused-ring (bicyclic) bond motifs is 1. The maximum absolute atomic E-state index is 13.2. The van der Waals surface area contributed by atoms with E-state index in [1.807, 2.05) is 12.1 Å². The first-order chi connectivity index (χ1) is 13.7. The van der Waals surface area contributed by atoms with Crippen LogP contribution in [0.4, 0.5) is 11.6 Å². The third-order valence-electron chi connectivity index (χ3n) is 5.43. The number of hydrogen-bond acceptors (Lipinski definition) is 7. The molecule has 1 aliphatic heterocycles. The van der Waals surface area contributed by atoms with Crippen molar-refractivity contribution in [3.63, 3.8) is 0 Å². The molecule has 8 heteroatoms. The number of nitrogen functional groups attached to an aromatic ring is 1. The third kappa shape index (κ3) is 3.33. The molecule has 2 aromatic rings. The van der Waals surface area contributed by atoms with Gasteiger partial charge in [0, 0.05) is 29.2 Å². The molecule has 1 aromatic carbocycles. The molecule has 0 bridgehead atoms. The van der Waals surface area contributed by atoms with Gasteiger partial charge in [0.2, 0.25) is 0 Å². The molecule has 0 saturated heterocycles. The van der Waals surface area contributed by atoms with Gasteiger partial charge >= 0.3 is 5.97 Å². The van der Waals surface area contributed by atoms with Gasteiger partial charge in [-0.1, -0.05) is 26.0 Å². The second-order valence-electron chi connectivity index (χ2n) is 8.22. The lowest BCUT2D eigenvalue weighted by Crippen LogP contribution is -2.34. The molecular formula is C21H22N4O3S. The number of nitrogens with zero attached hydrogens (tertiary/aromatic N) is 1. The maximum atomic E-state index is 13.2. The molecule has 2 aliphatic rings. The summed E-state index contributed by atoms with van der Waals surface area (Å²) in [7, 11) is 1.34. The SMILES string of the molecule is COC(=O)c1ccc(C2C3=C(CC(C)(C)CC3=O)Nc3nc(=S)[nH]c(N)c32)cc1. The highest BCUT2D eigenvalue weighted by Crippen LogP contribution is 2.49. The highest BCUT2D eigenvalue weighted by atomic mass is 32.1. The van der Waals surface area contributed by atoms with E-state index >= 15 is 0 Å². The van der Waals surface area contributed by atoms with Crippen LogP contribution in [0, 0.1) is 10.2 Å². The van der Waals surface area contributed by atoms with E-state index in [0.717, 1.165) is 17.7 Å². The molecule has 1 aliphatic carbocycles. The van der Waals surface area contributed by atoms with Crippen LogP contribution >= 0.6 is 12.2 Å². The average molecular weight is 410 g/mol. The Labute approximate surface area is 173 Å². The van der Waals surface area contributed by atoms with E-state index in [2.05, 4.69) is 29.1 Å². The van der Waals surface area contributed by atoms with Crippen LogP contribution in [-0.4, -0.2) is 28.8 Å². The quantitative estimate of drug-likeness (QED) is 0.511. The Balaban J connectivity index is 1.92. The van der Waals surface area contributed by atoms with Crippen molar-refractivity contribution in [2.45, 2.75) is 32.6 Å². The van der Waals surface area contributed by atoms with Crippen molar-refractivity contribution < 1.29 is 14.3 Å². The Morgan fingerprint density at radius 1 is 1.28 bits per heavy atom. The summed E-state index contributed by atoms with van der Waals surface area (Å²) in [6.45, 7) is 4.15. The summed E-state index contributed by atoms with van der Waals surface area (Å²) in [6, 6.07) is 7.03. The van der Waals surface area contributed by atoms with E-state index in [4.69, 9.17) is 22.7 Å². The molecule has 0 fully saturated rings. The molecule has 4 rings (SSSR count). The van der Waals surface area contributed by atoms with Crippen LogP contribution in [0.2, 0.25) is 0 Å². The zero-order valence-electron chi connectivity index (χ0n) is 16.5. The number of carbonyl (C=O) groups excluding carboxylic acids is 2. The normalized spacial score (nSPS) is 19.8. The van der Waals surface area contributed by atoms with Crippen LogP contribution in [0.5, 0.6) is 0 Å². The summed E-state index contributed by atoms with van der Waals surface area (Å²) in [4.78, 5) is 32.3. The number of methoxy groups -OCH3 is 1. The number of ether oxygens (including phenoxy) is 1. The van der Waals surface area contributed by atoms with Crippen LogP contribution in [0.1, 0.15) is 54.1 Å². The van der Waals surface area contributed by atoms with Gasteiger partial charge in [0.1, 0.15) is 11.6 Å². The van der Waals surface area contributed by atoms with Crippen molar-refractivity contribution >= 4 is 35.6 Å². The maximum Gasteiger partial charge on any atom is 0.337 e. The van der Waals surface area contributed by atoms with E-state index in [0.29, 0.717) is 34.8 Å². The van der Waals surface area contributed by atoms with E-state index in [1.54, 1.807) is 12.1 Å². The van der Waals surface area contributed by atoms with Gasteiger partial charge in [-0.15, -0.1) is 0 Å². The number of carbonyl (C=O) groups is 2. The number of Topliss-reactive ketones (excluding diaryl/α,β-unsaturated/α-hetero) is 1. The predicted molar refractivity (Wildman–Crippen MR) is 112 cm³/mol. The third-order valence-corrected chi connectivity index (χ3v) is 5.63. The van der Waals surface area contributed by atoms with Crippen LogP contribution in [0.3, 0.4) is 0 Å². The number of hydrogen-bond donors (Lipinski definition) is 3. The monoisotopic (exact) mass is 410 g/mol. The molecular weight excluding hydrogens is 388 g/mol. The number of benzene rings is 1. The fraction of sp³-hybridized carbons (Fsp3) is 0.333. The fourth-order valence-corrected chi connectivity index (χ4v) is 4.42.